The number of rotatable bonds is 2. The zero-order chi connectivity index (χ0) is 19.8. The van der Waals surface area contributed by atoms with Crippen LogP contribution in [0.15, 0.2) is 36.4 Å². The molecule has 3 N–H and O–H groups in total. The maximum Gasteiger partial charge on any atom is 0.298 e. The van der Waals surface area contributed by atoms with Gasteiger partial charge in [0.1, 0.15) is 5.82 Å². The van der Waals surface area contributed by atoms with Gasteiger partial charge in [-0.3, -0.25) is 9.59 Å². The smallest absolute Gasteiger partial charge is 0.298 e. The van der Waals surface area contributed by atoms with Gasteiger partial charge in [0.15, 0.2) is 0 Å². The number of carbonyl (C=O) groups excluding carboxylic acids is 2. The number of nitrogens with zero attached hydrogens (tertiary/aromatic N) is 1. The Morgan fingerprint density at radius 1 is 1.29 bits per heavy atom. The number of benzene rings is 2. The highest BCUT2D eigenvalue weighted by atomic mass is 19.1. The zero-order valence-corrected chi connectivity index (χ0v) is 15.3. The van der Waals surface area contributed by atoms with Gasteiger partial charge in [0.05, 0.1) is 11.1 Å². The van der Waals surface area contributed by atoms with E-state index in [0.717, 1.165) is 16.5 Å². The molecule has 0 saturated heterocycles. The first-order chi connectivity index (χ1) is 13.5. The van der Waals surface area contributed by atoms with E-state index >= 15 is 4.39 Å². The number of H-pyrrole nitrogens is 1. The van der Waals surface area contributed by atoms with Crippen LogP contribution in [0.1, 0.15) is 29.3 Å². The molecule has 0 saturated carbocycles. The minimum atomic E-state index is -0.686. The van der Waals surface area contributed by atoms with Gasteiger partial charge >= 0.3 is 0 Å². The standard InChI is InChI=1S/C22H18FN3O2/c1-2-5-18(27)26-10-8-13(9-11-26)19-16(23)12-15(22(24)28)21-20(19)14-6-3-4-7-17(14)25-21/h3-4,6-8,12,25H,9-11H2,1H3,(H2,24,28). The number of hydrogen-bond acceptors (Lipinski definition) is 2. The molecule has 0 aliphatic carbocycles. The van der Waals surface area contributed by atoms with Crippen LogP contribution in [0.3, 0.4) is 0 Å². The second-order valence-corrected chi connectivity index (χ2v) is 6.67. The van der Waals surface area contributed by atoms with E-state index < -0.39 is 11.7 Å². The van der Waals surface area contributed by atoms with Crippen LogP contribution in [0.4, 0.5) is 4.39 Å². The molecular weight excluding hydrogens is 357 g/mol. The van der Waals surface area contributed by atoms with Gasteiger partial charge in [-0.25, -0.2) is 4.39 Å². The second-order valence-electron chi connectivity index (χ2n) is 6.67. The average molecular weight is 375 g/mol. The summed E-state index contributed by atoms with van der Waals surface area (Å²) >= 11 is 0. The normalized spacial score (nSPS) is 13.9. The SMILES string of the molecule is CC#CC(=O)N1CC=C(c2c(F)cc(C(N)=O)c3[nH]c4ccccc4c23)CC1. The van der Waals surface area contributed by atoms with Crippen LogP contribution in [0, 0.1) is 17.7 Å². The summed E-state index contributed by atoms with van der Waals surface area (Å²) in [5.41, 5.74) is 8.19. The van der Waals surface area contributed by atoms with Crippen LogP contribution in [-0.2, 0) is 4.79 Å². The number of carbonyl (C=O) groups is 2. The van der Waals surface area contributed by atoms with Crippen LogP contribution in [0.2, 0.25) is 0 Å². The third-order valence-electron chi connectivity index (χ3n) is 5.05. The Balaban J connectivity index is 1.91. The fourth-order valence-electron chi connectivity index (χ4n) is 3.77. The molecule has 1 aliphatic heterocycles. The molecule has 1 aromatic heterocycles. The second kappa shape index (κ2) is 6.86. The molecule has 28 heavy (non-hydrogen) atoms. The molecule has 0 unspecified atom stereocenters. The van der Waals surface area contributed by atoms with Crippen LogP contribution >= 0.6 is 0 Å². The first kappa shape index (κ1) is 17.8. The Hall–Kier alpha value is -3.59. The summed E-state index contributed by atoms with van der Waals surface area (Å²) in [6.07, 6.45) is 2.35. The molecule has 0 radical (unpaired) electrons. The minimum Gasteiger partial charge on any atom is -0.366 e. The van der Waals surface area contributed by atoms with Crippen molar-refractivity contribution in [3.05, 3.63) is 53.4 Å². The predicted molar refractivity (Wildman–Crippen MR) is 107 cm³/mol. The van der Waals surface area contributed by atoms with Crippen LogP contribution < -0.4 is 5.73 Å². The number of amides is 2. The topological polar surface area (TPSA) is 79.2 Å². The third-order valence-corrected chi connectivity index (χ3v) is 5.05. The molecule has 5 nitrogen and oxygen atoms in total. The van der Waals surface area contributed by atoms with E-state index in [4.69, 9.17) is 5.73 Å². The van der Waals surface area contributed by atoms with Crippen molar-refractivity contribution in [2.75, 3.05) is 13.1 Å². The summed E-state index contributed by atoms with van der Waals surface area (Å²) in [5.74, 6) is 3.72. The molecule has 2 aromatic carbocycles. The first-order valence-electron chi connectivity index (χ1n) is 8.95. The van der Waals surface area contributed by atoms with Crippen molar-refractivity contribution < 1.29 is 14.0 Å². The highest BCUT2D eigenvalue weighted by Crippen LogP contribution is 2.37. The molecule has 3 aromatic rings. The van der Waals surface area contributed by atoms with Gasteiger partial charge in [-0.05, 0) is 37.0 Å². The lowest BCUT2D eigenvalue weighted by Gasteiger charge is -2.25. The van der Waals surface area contributed by atoms with Crippen molar-refractivity contribution in [2.24, 2.45) is 5.73 Å². The van der Waals surface area contributed by atoms with Gasteiger partial charge in [-0.15, -0.1) is 0 Å². The maximum atomic E-state index is 15.1. The molecule has 6 heteroatoms. The number of hydrogen-bond donors (Lipinski definition) is 2. The Morgan fingerprint density at radius 2 is 2.07 bits per heavy atom. The molecule has 1 aliphatic rings. The van der Waals surface area contributed by atoms with Crippen molar-refractivity contribution in [1.29, 1.82) is 0 Å². The first-order valence-corrected chi connectivity index (χ1v) is 8.95. The van der Waals surface area contributed by atoms with E-state index in [0.29, 0.717) is 36.0 Å². The van der Waals surface area contributed by atoms with E-state index in [-0.39, 0.29) is 11.5 Å². The fourth-order valence-corrected chi connectivity index (χ4v) is 3.77. The Morgan fingerprint density at radius 3 is 2.75 bits per heavy atom. The Labute approximate surface area is 161 Å². The number of nitrogens with one attached hydrogen (secondary N) is 1. The van der Waals surface area contributed by atoms with E-state index in [9.17, 15) is 9.59 Å². The van der Waals surface area contributed by atoms with Gasteiger partial charge < -0.3 is 15.6 Å². The summed E-state index contributed by atoms with van der Waals surface area (Å²) in [7, 11) is 0. The van der Waals surface area contributed by atoms with Crippen molar-refractivity contribution in [2.45, 2.75) is 13.3 Å². The number of aromatic nitrogens is 1. The van der Waals surface area contributed by atoms with Gasteiger partial charge in [-0.1, -0.05) is 30.2 Å². The third kappa shape index (κ3) is 2.81. The van der Waals surface area contributed by atoms with E-state index in [2.05, 4.69) is 16.8 Å². The van der Waals surface area contributed by atoms with Crippen LogP contribution in [-0.4, -0.2) is 34.8 Å². The lowest BCUT2D eigenvalue weighted by Crippen LogP contribution is -2.33. The number of primary amides is 1. The lowest BCUT2D eigenvalue weighted by atomic mass is 9.92. The number of halogens is 1. The highest BCUT2D eigenvalue weighted by Gasteiger charge is 2.24. The van der Waals surface area contributed by atoms with Crippen LogP contribution in [0.5, 0.6) is 0 Å². The van der Waals surface area contributed by atoms with Gasteiger partial charge in [-0.2, -0.15) is 0 Å². The van der Waals surface area contributed by atoms with Crippen molar-refractivity contribution >= 4 is 39.2 Å². The number of para-hydroxylation sites is 1. The zero-order valence-electron chi connectivity index (χ0n) is 15.3. The van der Waals surface area contributed by atoms with E-state index in [1.165, 1.54) is 6.07 Å². The molecule has 2 amide bonds. The van der Waals surface area contributed by atoms with Gasteiger partial charge in [0.2, 0.25) is 0 Å². The lowest BCUT2D eigenvalue weighted by molar-refractivity contribution is -0.124. The van der Waals surface area contributed by atoms with Crippen molar-refractivity contribution in [1.82, 2.24) is 9.88 Å². The number of nitrogens with two attached hydrogens (primary N) is 1. The molecule has 0 fully saturated rings. The largest absolute Gasteiger partial charge is 0.366 e. The fraction of sp³-hybridized carbons (Fsp3) is 0.182. The Bertz CT molecular complexity index is 1230. The average Bonchev–Trinajstić information content (AvgIpc) is 3.07. The summed E-state index contributed by atoms with van der Waals surface area (Å²) in [4.78, 5) is 28.7. The van der Waals surface area contributed by atoms with Crippen molar-refractivity contribution in [3.8, 4) is 11.8 Å². The van der Waals surface area contributed by atoms with Crippen molar-refractivity contribution in [3.63, 3.8) is 0 Å². The summed E-state index contributed by atoms with van der Waals surface area (Å²) in [5, 5.41) is 1.47. The van der Waals surface area contributed by atoms with Crippen LogP contribution in [0.25, 0.3) is 27.4 Å². The predicted octanol–water partition coefficient (Wildman–Crippen LogP) is 3.20. The molecule has 4 rings (SSSR count). The molecule has 0 spiro atoms. The highest BCUT2D eigenvalue weighted by molar-refractivity contribution is 6.18. The monoisotopic (exact) mass is 375 g/mol. The number of fused-ring (bicyclic) bond motifs is 3. The van der Waals surface area contributed by atoms with E-state index in [1.54, 1.807) is 11.8 Å². The molecule has 140 valence electrons. The quantitative estimate of drug-likeness (QED) is 0.675. The molecule has 2 heterocycles. The minimum absolute atomic E-state index is 0.124. The molecular formula is C22H18FN3O2. The summed E-state index contributed by atoms with van der Waals surface area (Å²) < 4.78 is 15.1. The van der Waals surface area contributed by atoms with Gasteiger partial charge in [0.25, 0.3) is 11.8 Å². The summed E-state index contributed by atoms with van der Waals surface area (Å²) in [6.45, 7) is 2.44. The summed E-state index contributed by atoms with van der Waals surface area (Å²) in [6, 6.07) is 8.69. The molecule has 0 atom stereocenters. The van der Waals surface area contributed by atoms with E-state index in [1.807, 2.05) is 30.3 Å². The maximum absolute atomic E-state index is 15.1. The number of aromatic amines is 1. The van der Waals surface area contributed by atoms with Gasteiger partial charge in [0, 0.05) is 34.9 Å². The Kier molecular flexibility index (Phi) is 4.36. The molecule has 0 bridgehead atoms.